The van der Waals surface area contributed by atoms with Crippen molar-refractivity contribution in [2.45, 2.75) is 5.75 Å². The van der Waals surface area contributed by atoms with Crippen molar-refractivity contribution in [1.29, 1.82) is 0 Å². The third-order valence-electron chi connectivity index (χ3n) is 2.92. The molecule has 0 aliphatic carbocycles. The van der Waals surface area contributed by atoms with Crippen LogP contribution in [0.5, 0.6) is 0 Å². The van der Waals surface area contributed by atoms with Crippen molar-refractivity contribution >= 4 is 38.3 Å². The number of halogens is 1. The van der Waals surface area contributed by atoms with Crippen LogP contribution in [0.4, 0.5) is 5.69 Å². The molecule has 0 radical (unpaired) electrons. The molecule has 1 heterocycles. The molecular weight excluding hydrogens is 312 g/mol. The number of nitrogens with zero attached hydrogens (tertiary/aromatic N) is 1. The van der Waals surface area contributed by atoms with E-state index in [1.165, 1.54) is 0 Å². The molecule has 0 aliphatic rings. The fourth-order valence-corrected chi connectivity index (χ4v) is 3.36. The Morgan fingerprint density at radius 1 is 1.10 bits per heavy atom. The van der Waals surface area contributed by atoms with Crippen LogP contribution in [-0.2, 0) is 15.8 Å². The molecule has 0 atom stereocenters. The van der Waals surface area contributed by atoms with Gasteiger partial charge in [-0.15, -0.1) is 0 Å². The highest BCUT2D eigenvalue weighted by Gasteiger charge is 2.18. The summed E-state index contributed by atoms with van der Waals surface area (Å²) in [7, 11) is -3.63. The van der Waals surface area contributed by atoms with Gasteiger partial charge in [0.1, 0.15) is 11.4 Å². The van der Waals surface area contributed by atoms with Crippen molar-refractivity contribution in [3.63, 3.8) is 0 Å². The second kappa shape index (κ2) is 5.38. The summed E-state index contributed by atoms with van der Waals surface area (Å²) in [5, 5.41) is 4.84. The lowest BCUT2D eigenvalue weighted by Crippen LogP contribution is -2.15. The molecule has 3 rings (SSSR count). The van der Waals surface area contributed by atoms with Gasteiger partial charge in [-0.2, -0.15) is 0 Å². The van der Waals surface area contributed by atoms with Crippen molar-refractivity contribution in [2.24, 2.45) is 0 Å². The average molecular weight is 323 g/mol. The Morgan fingerprint density at radius 2 is 1.81 bits per heavy atom. The Morgan fingerprint density at radius 3 is 2.62 bits per heavy atom. The van der Waals surface area contributed by atoms with Crippen LogP contribution in [0.25, 0.3) is 11.0 Å². The van der Waals surface area contributed by atoms with E-state index in [-0.39, 0.29) is 5.75 Å². The van der Waals surface area contributed by atoms with Gasteiger partial charge in [-0.3, -0.25) is 4.72 Å². The maximum absolute atomic E-state index is 12.2. The minimum Gasteiger partial charge on any atom is -0.356 e. The topological polar surface area (TPSA) is 72.2 Å². The van der Waals surface area contributed by atoms with Gasteiger partial charge in [0.05, 0.1) is 10.7 Å². The van der Waals surface area contributed by atoms with Crippen LogP contribution in [-0.4, -0.2) is 13.6 Å². The van der Waals surface area contributed by atoms with Crippen molar-refractivity contribution in [3.05, 3.63) is 59.2 Å². The molecule has 0 saturated carbocycles. The normalized spacial score (nSPS) is 11.7. The monoisotopic (exact) mass is 322 g/mol. The van der Waals surface area contributed by atoms with Gasteiger partial charge in [0.25, 0.3) is 0 Å². The number of para-hydroxylation sites is 2. The predicted octanol–water partition coefficient (Wildman–Crippen LogP) is 3.42. The van der Waals surface area contributed by atoms with Crippen LogP contribution in [0, 0.1) is 0 Å². The Hall–Kier alpha value is -2.05. The summed E-state index contributed by atoms with van der Waals surface area (Å²) in [6.07, 6.45) is 0. The van der Waals surface area contributed by atoms with E-state index in [2.05, 4.69) is 9.88 Å². The maximum Gasteiger partial charge on any atom is 0.238 e. The van der Waals surface area contributed by atoms with E-state index < -0.39 is 10.0 Å². The van der Waals surface area contributed by atoms with E-state index >= 15 is 0 Å². The number of aromatic nitrogens is 1. The summed E-state index contributed by atoms with van der Waals surface area (Å²) in [5.41, 5.74) is 1.26. The van der Waals surface area contributed by atoms with Crippen LogP contribution in [0.3, 0.4) is 0 Å². The molecular formula is C14H11ClN2O3S. The van der Waals surface area contributed by atoms with Crippen molar-refractivity contribution < 1.29 is 12.9 Å². The van der Waals surface area contributed by atoms with Crippen LogP contribution in [0.1, 0.15) is 5.69 Å². The zero-order valence-corrected chi connectivity index (χ0v) is 12.4. The molecule has 0 aliphatic heterocycles. The second-order valence-corrected chi connectivity index (χ2v) is 6.60. The van der Waals surface area contributed by atoms with E-state index in [9.17, 15) is 8.42 Å². The fourth-order valence-electron chi connectivity index (χ4n) is 1.97. The maximum atomic E-state index is 12.2. The summed E-state index contributed by atoms with van der Waals surface area (Å²) in [6.45, 7) is 0. The molecule has 0 amide bonds. The quantitative estimate of drug-likeness (QED) is 0.798. The molecule has 0 saturated heterocycles. The average Bonchev–Trinajstić information content (AvgIpc) is 2.84. The largest absolute Gasteiger partial charge is 0.356 e. The highest BCUT2D eigenvalue weighted by molar-refractivity contribution is 7.91. The van der Waals surface area contributed by atoms with Crippen LogP contribution < -0.4 is 4.72 Å². The van der Waals surface area contributed by atoms with Crippen molar-refractivity contribution in [2.75, 3.05) is 4.72 Å². The number of anilines is 1. The number of benzene rings is 2. The Labute approximate surface area is 126 Å². The molecule has 0 spiro atoms. The Kier molecular flexibility index (Phi) is 3.57. The van der Waals surface area contributed by atoms with Crippen molar-refractivity contribution in [3.8, 4) is 0 Å². The number of hydrogen-bond acceptors (Lipinski definition) is 4. The zero-order valence-electron chi connectivity index (χ0n) is 10.8. The van der Waals surface area contributed by atoms with E-state index in [0.717, 1.165) is 0 Å². The van der Waals surface area contributed by atoms with Crippen LogP contribution in [0.15, 0.2) is 53.1 Å². The number of fused-ring (bicyclic) bond motifs is 1. The zero-order chi connectivity index (χ0) is 14.9. The van der Waals surface area contributed by atoms with Gasteiger partial charge in [-0.05, 0) is 24.3 Å². The van der Waals surface area contributed by atoms with Gasteiger partial charge in [0.15, 0.2) is 5.58 Å². The highest BCUT2D eigenvalue weighted by atomic mass is 35.5. The first-order chi connectivity index (χ1) is 10.1. The fraction of sp³-hybridized carbons (Fsp3) is 0.0714. The van der Waals surface area contributed by atoms with E-state index in [0.29, 0.717) is 27.4 Å². The van der Waals surface area contributed by atoms with E-state index in [1.54, 1.807) is 48.5 Å². The summed E-state index contributed by atoms with van der Waals surface area (Å²) in [6, 6.07) is 13.8. The van der Waals surface area contributed by atoms with Gasteiger partial charge >= 0.3 is 0 Å². The van der Waals surface area contributed by atoms with Crippen LogP contribution in [0.2, 0.25) is 5.02 Å². The molecule has 21 heavy (non-hydrogen) atoms. The first-order valence-electron chi connectivity index (χ1n) is 6.13. The minimum atomic E-state index is -3.63. The van der Waals surface area contributed by atoms with Crippen molar-refractivity contribution in [1.82, 2.24) is 5.16 Å². The lowest BCUT2D eigenvalue weighted by atomic mass is 10.2. The summed E-state index contributed by atoms with van der Waals surface area (Å²) >= 11 is 5.95. The Balaban J connectivity index is 1.88. The first-order valence-corrected chi connectivity index (χ1v) is 8.16. The number of sulfonamides is 1. The molecule has 7 heteroatoms. The smallest absolute Gasteiger partial charge is 0.238 e. The first kappa shape index (κ1) is 13.9. The van der Waals surface area contributed by atoms with Crippen LogP contribution >= 0.6 is 11.6 Å². The van der Waals surface area contributed by atoms with Gasteiger partial charge in [0.2, 0.25) is 10.0 Å². The lowest BCUT2D eigenvalue weighted by Gasteiger charge is -2.08. The Bertz CT molecular complexity index is 890. The SMILES string of the molecule is O=S(=O)(Cc1noc2ccccc12)Nc1ccccc1Cl. The predicted molar refractivity (Wildman–Crippen MR) is 81.7 cm³/mol. The molecule has 1 aromatic heterocycles. The summed E-state index contributed by atoms with van der Waals surface area (Å²) in [5.74, 6) is -0.283. The standard InChI is InChI=1S/C14H11ClN2O3S/c15-11-6-2-3-7-12(11)17-21(18,19)9-13-10-5-1-4-8-14(10)20-16-13/h1-8,17H,9H2. The lowest BCUT2D eigenvalue weighted by molar-refractivity contribution is 0.448. The summed E-state index contributed by atoms with van der Waals surface area (Å²) < 4.78 is 32.0. The van der Waals surface area contributed by atoms with Gasteiger partial charge < -0.3 is 4.52 Å². The molecule has 0 unspecified atom stereocenters. The second-order valence-electron chi connectivity index (χ2n) is 4.47. The molecule has 1 N–H and O–H groups in total. The number of nitrogens with one attached hydrogen (secondary N) is 1. The highest BCUT2D eigenvalue weighted by Crippen LogP contribution is 2.24. The van der Waals surface area contributed by atoms with Gasteiger partial charge in [-0.1, -0.05) is 41.0 Å². The number of hydrogen-bond donors (Lipinski definition) is 1. The van der Waals surface area contributed by atoms with E-state index in [4.69, 9.17) is 16.1 Å². The third-order valence-corrected chi connectivity index (χ3v) is 4.43. The molecule has 0 fully saturated rings. The minimum absolute atomic E-state index is 0.283. The third kappa shape index (κ3) is 3.01. The number of rotatable bonds is 4. The molecule has 5 nitrogen and oxygen atoms in total. The summed E-state index contributed by atoms with van der Waals surface area (Å²) in [4.78, 5) is 0. The molecule has 2 aromatic carbocycles. The molecule has 0 bridgehead atoms. The molecule has 3 aromatic rings. The van der Waals surface area contributed by atoms with Gasteiger partial charge in [0, 0.05) is 5.39 Å². The molecule has 108 valence electrons. The van der Waals surface area contributed by atoms with Gasteiger partial charge in [-0.25, -0.2) is 8.42 Å². The van der Waals surface area contributed by atoms with E-state index in [1.807, 2.05) is 0 Å².